The Balaban J connectivity index is 1.38. The maximum Gasteiger partial charge on any atom is 0.335 e. The van der Waals surface area contributed by atoms with Crippen LogP contribution in [0.4, 0.5) is 10.5 Å². The summed E-state index contributed by atoms with van der Waals surface area (Å²) in [5, 5.41) is 3.03. The lowest BCUT2D eigenvalue weighted by Gasteiger charge is -2.47. The second-order valence-corrected chi connectivity index (χ2v) is 10.9. The van der Waals surface area contributed by atoms with Gasteiger partial charge < -0.3 is 9.47 Å². The maximum absolute atomic E-state index is 14.2. The van der Waals surface area contributed by atoms with Gasteiger partial charge in [0, 0.05) is 48.9 Å². The summed E-state index contributed by atoms with van der Waals surface area (Å²) in [6.45, 7) is 2.03. The Kier molecular flexibility index (Phi) is 6.16. The fourth-order valence-electron chi connectivity index (χ4n) is 6.30. The van der Waals surface area contributed by atoms with Crippen molar-refractivity contribution in [2.75, 3.05) is 24.5 Å². The highest BCUT2D eigenvalue weighted by Crippen LogP contribution is 2.39. The molecule has 2 bridgehead atoms. The zero-order valence-electron chi connectivity index (χ0n) is 20.7. The Hall–Kier alpha value is -3.75. The molecule has 3 aliphatic heterocycles. The number of para-hydroxylation sites is 1. The number of nitrogens with one attached hydrogen (secondary N) is 1. The van der Waals surface area contributed by atoms with Crippen molar-refractivity contribution in [3.63, 3.8) is 0 Å². The molecule has 0 unspecified atom stereocenters. The van der Waals surface area contributed by atoms with Crippen LogP contribution in [-0.4, -0.2) is 46.9 Å². The first-order valence-corrected chi connectivity index (χ1v) is 13.1. The van der Waals surface area contributed by atoms with Crippen LogP contribution in [0.2, 0.25) is 5.02 Å². The lowest BCUT2D eigenvalue weighted by Crippen LogP contribution is -2.68. The molecule has 0 spiro atoms. The summed E-state index contributed by atoms with van der Waals surface area (Å²) in [7, 11) is 0. The van der Waals surface area contributed by atoms with E-state index in [1.165, 1.54) is 0 Å². The van der Waals surface area contributed by atoms with Crippen molar-refractivity contribution in [3.8, 4) is 0 Å². The average Bonchev–Trinajstić information content (AvgIpc) is 2.90. The van der Waals surface area contributed by atoms with Crippen LogP contribution < -0.4 is 15.8 Å². The molecule has 1 aromatic heterocycles. The van der Waals surface area contributed by atoms with E-state index >= 15 is 0 Å². The summed E-state index contributed by atoms with van der Waals surface area (Å²) in [5.41, 5.74) is 0.648. The number of likely N-dealkylation sites (tertiary alicyclic amines) is 1. The van der Waals surface area contributed by atoms with E-state index in [4.69, 9.17) is 11.6 Å². The fourth-order valence-corrected chi connectivity index (χ4v) is 6.42. The summed E-state index contributed by atoms with van der Waals surface area (Å²) in [4.78, 5) is 56.6. The molecular weight excluding hydrogens is 504 g/mol. The number of anilines is 1. The third-order valence-corrected chi connectivity index (χ3v) is 8.21. The molecule has 0 radical (unpaired) electrons. The zero-order chi connectivity index (χ0) is 26.4. The van der Waals surface area contributed by atoms with Gasteiger partial charge >= 0.3 is 6.03 Å². The third kappa shape index (κ3) is 4.23. The number of hydrogen-bond acceptors (Lipinski definition) is 5. The molecular formula is C29H27ClN4O4. The van der Waals surface area contributed by atoms with Crippen molar-refractivity contribution < 1.29 is 14.4 Å². The van der Waals surface area contributed by atoms with Crippen molar-refractivity contribution in [1.82, 2.24) is 14.8 Å². The summed E-state index contributed by atoms with van der Waals surface area (Å²) < 4.78 is 1.86. The number of aromatic nitrogens is 1. The van der Waals surface area contributed by atoms with Crippen LogP contribution in [0.5, 0.6) is 0 Å². The molecule has 2 fully saturated rings. The molecule has 8 nitrogen and oxygen atoms in total. The van der Waals surface area contributed by atoms with Gasteiger partial charge in [-0.3, -0.25) is 19.7 Å². The molecule has 3 aliphatic rings. The van der Waals surface area contributed by atoms with Gasteiger partial charge in [0.2, 0.25) is 5.91 Å². The second-order valence-electron chi connectivity index (χ2n) is 10.5. The highest BCUT2D eigenvalue weighted by Gasteiger charge is 2.55. The van der Waals surface area contributed by atoms with Crippen molar-refractivity contribution in [2.45, 2.75) is 25.3 Å². The molecule has 0 aliphatic carbocycles. The van der Waals surface area contributed by atoms with Gasteiger partial charge in [0.1, 0.15) is 5.41 Å². The smallest absolute Gasteiger partial charge is 0.312 e. The van der Waals surface area contributed by atoms with Crippen LogP contribution in [0.15, 0.2) is 77.6 Å². The van der Waals surface area contributed by atoms with Crippen LogP contribution in [0.25, 0.3) is 0 Å². The molecule has 2 saturated heterocycles. The number of carbonyl (C=O) groups is 3. The molecule has 3 atom stereocenters. The molecule has 2 aromatic carbocycles. The predicted octanol–water partition coefficient (Wildman–Crippen LogP) is 3.43. The van der Waals surface area contributed by atoms with Gasteiger partial charge in [0.25, 0.3) is 11.5 Å². The Bertz CT molecular complexity index is 1470. The summed E-state index contributed by atoms with van der Waals surface area (Å²) in [6, 6.07) is 20.4. The monoisotopic (exact) mass is 530 g/mol. The van der Waals surface area contributed by atoms with Crippen LogP contribution in [0, 0.1) is 11.3 Å². The van der Waals surface area contributed by atoms with Gasteiger partial charge in [0.15, 0.2) is 0 Å². The Labute approximate surface area is 224 Å². The standard InChI is InChI=1S/C29H27ClN4O4/c30-22-11-9-19(10-12-22)14-29(26(36)31-28(38)34(27(29)37)23-5-2-1-3-6-23)18-32-15-20-13-21(17-32)24-7-4-8-25(35)33(24)16-20/h1-12,20-21H,13-18H2,(H,31,36,38)/t20-,21-,29-/m0/s1. The number of benzene rings is 2. The van der Waals surface area contributed by atoms with E-state index in [-0.39, 0.29) is 30.4 Å². The van der Waals surface area contributed by atoms with Crippen LogP contribution in [0.3, 0.4) is 0 Å². The quantitative estimate of drug-likeness (QED) is 0.510. The summed E-state index contributed by atoms with van der Waals surface area (Å²) in [6.07, 6.45) is 1.08. The Morgan fingerprint density at radius 1 is 0.868 bits per heavy atom. The largest absolute Gasteiger partial charge is 0.335 e. The number of pyridine rings is 1. The first kappa shape index (κ1) is 24.6. The van der Waals surface area contributed by atoms with E-state index in [9.17, 15) is 19.2 Å². The van der Waals surface area contributed by atoms with E-state index in [0.717, 1.165) is 22.6 Å². The van der Waals surface area contributed by atoms with Gasteiger partial charge in [-0.25, -0.2) is 9.69 Å². The second kappa shape index (κ2) is 9.53. The number of piperidine rings is 1. The Morgan fingerprint density at radius 3 is 2.39 bits per heavy atom. The van der Waals surface area contributed by atoms with Gasteiger partial charge in [0.05, 0.1) is 5.69 Å². The number of nitrogens with zero attached hydrogens (tertiary/aromatic N) is 3. The molecule has 4 amide bonds. The highest BCUT2D eigenvalue weighted by atomic mass is 35.5. The molecule has 3 aromatic rings. The number of carbonyl (C=O) groups excluding carboxylic acids is 3. The number of halogens is 1. The summed E-state index contributed by atoms with van der Waals surface area (Å²) >= 11 is 6.10. The van der Waals surface area contributed by atoms with Crippen LogP contribution in [-0.2, 0) is 22.6 Å². The van der Waals surface area contributed by atoms with Gasteiger partial charge in [-0.05, 0) is 54.7 Å². The van der Waals surface area contributed by atoms with E-state index < -0.39 is 23.3 Å². The average molecular weight is 531 g/mol. The number of fused-ring (bicyclic) bond motifs is 4. The van der Waals surface area contributed by atoms with E-state index in [1.807, 2.05) is 22.8 Å². The van der Waals surface area contributed by atoms with Gasteiger partial charge in [-0.2, -0.15) is 0 Å². The first-order chi connectivity index (χ1) is 18.3. The molecule has 9 heteroatoms. The summed E-state index contributed by atoms with van der Waals surface area (Å²) in [5.74, 6) is -0.790. The SMILES string of the molecule is O=C1NC(=O)[C@](Cc2ccc(Cl)cc2)(CN2C[C@@H]3C[C@@H](C2)c2cccc(=O)n2C3)C(=O)N1c1ccccc1. The lowest BCUT2D eigenvalue weighted by atomic mass is 9.75. The normalized spacial score (nSPS) is 25.2. The van der Waals surface area contributed by atoms with Crippen LogP contribution in [0.1, 0.15) is 23.6 Å². The Morgan fingerprint density at radius 2 is 1.63 bits per heavy atom. The zero-order valence-corrected chi connectivity index (χ0v) is 21.4. The fraction of sp³-hybridized carbons (Fsp3) is 0.310. The predicted molar refractivity (Wildman–Crippen MR) is 143 cm³/mol. The lowest BCUT2D eigenvalue weighted by molar-refractivity contribution is -0.144. The minimum atomic E-state index is -1.53. The number of barbiturate groups is 1. The topological polar surface area (TPSA) is 91.7 Å². The maximum atomic E-state index is 14.2. The van der Waals surface area contributed by atoms with E-state index in [0.29, 0.717) is 30.3 Å². The van der Waals surface area contributed by atoms with E-state index in [2.05, 4.69) is 10.2 Å². The van der Waals surface area contributed by atoms with Crippen molar-refractivity contribution in [2.24, 2.45) is 11.3 Å². The van der Waals surface area contributed by atoms with Crippen molar-refractivity contribution >= 4 is 35.1 Å². The van der Waals surface area contributed by atoms with Gasteiger partial charge in [-0.1, -0.05) is 48.0 Å². The van der Waals surface area contributed by atoms with Crippen molar-refractivity contribution in [1.29, 1.82) is 0 Å². The van der Waals surface area contributed by atoms with Gasteiger partial charge in [-0.15, -0.1) is 0 Å². The molecule has 0 saturated carbocycles. The number of rotatable bonds is 5. The molecule has 6 rings (SSSR count). The first-order valence-electron chi connectivity index (χ1n) is 12.8. The number of urea groups is 1. The number of hydrogen-bond donors (Lipinski definition) is 1. The van der Waals surface area contributed by atoms with Crippen molar-refractivity contribution in [3.05, 3.63) is 99.4 Å². The minimum absolute atomic E-state index is 0.00344. The molecule has 194 valence electrons. The minimum Gasteiger partial charge on any atom is -0.312 e. The molecule has 1 N–H and O–H groups in total. The van der Waals surface area contributed by atoms with E-state index in [1.54, 1.807) is 54.6 Å². The molecule has 4 heterocycles. The number of imide groups is 2. The highest BCUT2D eigenvalue weighted by molar-refractivity contribution is 6.31. The molecule has 38 heavy (non-hydrogen) atoms. The number of amides is 4. The van der Waals surface area contributed by atoms with Crippen LogP contribution >= 0.6 is 11.6 Å². The third-order valence-electron chi connectivity index (χ3n) is 7.95.